The number of rotatable bonds is 4. The van der Waals surface area contributed by atoms with Crippen molar-refractivity contribution in [2.75, 3.05) is 72.4 Å². The van der Waals surface area contributed by atoms with Gasteiger partial charge in [0.05, 0.1) is 65.0 Å². The molecular formula is C44H52FN11O4. The number of fused-ring (bicyclic) bond motifs is 7. The number of anilines is 4. The van der Waals surface area contributed by atoms with E-state index in [4.69, 9.17) is 14.7 Å². The van der Waals surface area contributed by atoms with Crippen LogP contribution >= 0.6 is 0 Å². The highest BCUT2D eigenvalue weighted by atomic mass is 19.1. The first kappa shape index (κ1) is 39.6. The predicted octanol–water partition coefficient (Wildman–Crippen LogP) is 4.99. The molecule has 4 aromatic rings. The van der Waals surface area contributed by atoms with Crippen molar-refractivity contribution in [3.63, 3.8) is 0 Å². The molecule has 0 radical (unpaired) electrons. The molecule has 5 aliphatic rings. The zero-order valence-corrected chi connectivity index (χ0v) is 34.7. The Balaban J connectivity index is 0.867. The second-order valence-electron chi connectivity index (χ2n) is 16.8. The molecule has 2 bridgehead atoms. The lowest BCUT2D eigenvalue weighted by molar-refractivity contribution is -0.134. The number of benzene rings is 1. The van der Waals surface area contributed by atoms with Gasteiger partial charge >= 0.3 is 0 Å². The smallest absolute Gasteiger partial charge is 0.280 e. The van der Waals surface area contributed by atoms with Gasteiger partial charge in [0.1, 0.15) is 6.17 Å². The highest BCUT2D eigenvalue weighted by molar-refractivity contribution is 6.19. The van der Waals surface area contributed by atoms with Crippen LogP contribution in [0.5, 0.6) is 5.88 Å². The number of aliphatic imine (C=N–C) groups is 1. The molecule has 4 atom stereocenters. The number of carbonyl (C=O) groups excluding carboxylic acids is 3. The molecular weight excluding hydrogens is 766 g/mol. The Bertz CT molecular complexity index is 2360. The van der Waals surface area contributed by atoms with Gasteiger partial charge in [-0.25, -0.2) is 9.07 Å². The maximum absolute atomic E-state index is 16.1. The van der Waals surface area contributed by atoms with Crippen molar-refractivity contribution in [3.05, 3.63) is 71.3 Å². The summed E-state index contributed by atoms with van der Waals surface area (Å²) in [6, 6.07) is 13.5. The molecule has 0 aliphatic carbocycles. The first-order chi connectivity index (χ1) is 29.0. The molecule has 1 aromatic carbocycles. The van der Waals surface area contributed by atoms with Gasteiger partial charge in [0.25, 0.3) is 5.91 Å². The summed E-state index contributed by atoms with van der Waals surface area (Å²) in [5, 5.41) is 10.3. The normalized spacial score (nSPS) is 24.9. The number of pyridine rings is 2. The maximum atomic E-state index is 16.1. The van der Waals surface area contributed by atoms with Crippen LogP contribution in [0.4, 0.5) is 27.1 Å². The maximum Gasteiger partial charge on any atom is 0.280 e. The van der Waals surface area contributed by atoms with Gasteiger partial charge < -0.3 is 24.8 Å². The Morgan fingerprint density at radius 2 is 1.70 bits per heavy atom. The highest BCUT2D eigenvalue weighted by Crippen LogP contribution is 2.38. The van der Waals surface area contributed by atoms with E-state index in [1.807, 2.05) is 33.0 Å². The van der Waals surface area contributed by atoms with Gasteiger partial charge in [0, 0.05) is 75.7 Å². The van der Waals surface area contributed by atoms with Crippen molar-refractivity contribution in [2.24, 2.45) is 18.0 Å². The van der Waals surface area contributed by atoms with Crippen LogP contribution in [0.3, 0.4) is 0 Å². The number of nitrogens with one attached hydrogen (secondary N) is 2. The van der Waals surface area contributed by atoms with Crippen LogP contribution < -0.4 is 30.1 Å². The van der Waals surface area contributed by atoms with Crippen LogP contribution in [-0.2, 0) is 16.6 Å². The third-order valence-electron chi connectivity index (χ3n) is 12.6. The van der Waals surface area contributed by atoms with E-state index in [2.05, 4.69) is 65.4 Å². The number of piperazine rings is 1. The van der Waals surface area contributed by atoms with E-state index < -0.39 is 12.1 Å². The SMILES string of the molecule is Cc1cc2cc(n1)-c1cnn(C)c1OCCC[C@@H](C)CN1/C(=N/C2=O)Nc2ccc(N3CCN([C@H]4CCN(c5ccc(C6CCC(=O)NC6=O)nc5C)C[C@@H]4F)CC3)cc21. The number of aromatic nitrogens is 4. The van der Waals surface area contributed by atoms with E-state index in [9.17, 15) is 14.4 Å². The quantitative estimate of drug-likeness (QED) is 0.267. The molecule has 16 heteroatoms. The van der Waals surface area contributed by atoms with E-state index in [0.717, 1.165) is 73.0 Å². The number of aryl methyl sites for hydroxylation is 3. The zero-order valence-electron chi connectivity index (χ0n) is 34.7. The number of imide groups is 1. The van der Waals surface area contributed by atoms with Gasteiger partial charge in [0.2, 0.25) is 23.7 Å². The molecule has 9 rings (SSSR count). The van der Waals surface area contributed by atoms with Crippen LogP contribution in [0.1, 0.15) is 72.4 Å². The molecule has 3 aromatic heterocycles. The van der Waals surface area contributed by atoms with Gasteiger partial charge in [-0.05, 0) is 87.9 Å². The fourth-order valence-corrected chi connectivity index (χ4v) is 9.40. The number of hydrogen-bond acceptors (Lipinski definition) is 12. The molecule has 0 saturated carbocycles. The van der Waals surface area contributed by atoms with E-state index >= 15 is 4.39 Å². The Labute approximate surface area is 349 Å². The van der Waals surface area contributed by atoms with E-state index in [1.165, 1.54) is 0 Å². The summed E-state index contributed by atoms with van der Waals surface area (Å²) in [6.07, 6.45) is 3.90. The van der Waals surface area contributed by atoms with Gasteiger partial charge in [-0.3, -0.25) is 34.6 Å². The number of ether oxygens (including phenoxy) is 1. The largest absolute Gasteiger partial charge is 0.477 e. The van der Waals surface area contributed by atoms with Crippen molar-refractivity contribution in [3.8, 4) is 17.1 Å². The number of alkyl halides is 1. The number of amides is 3. The molecule has 60 heavy (non-hydrogen) atoms. The average Bonchev–Trinajstić information content (AvgIpc) is 3.77. The number of piperidine rings is 2. The lowest BCUT2D eigenvalue weighted by atomic mass is 9.93. The molecule has 8 heterocycles. The monoisotopic (exact) mass is 817 g/mol. The highest BCUT2D eigenvalue weighted by Gasteiger charge is 2.37. The molecule has 0 spiro atoms. The zero-order chi connectivity index (χ0) is 41.7. The number of hydrogen-bond donors (Lipinski definition) is 2. The second-order valence-corrected chi connectivity index (χ2v) is 16.8. The number of halogens is 1. The summed E-state index contributed by atoms with van der Waals surface area (Å²) < 4.78 is 24.0. The lowest BCUT2D eigenvalue weighted by Crippen LogP contribution is -2.58. The predicted molar refractivity (Wildman–Crippen MR) is 228 cm³/mol. The molecule has 1 unspecified atom stereocenters. The summed E-state index contributed by atoms with van der Waals surface area (Å²) in [7, 11) is 1.84. The van der Waals surface area contributed by atoms with Gasteiger partial charge in [-0.15, -0.1) is 0 Å². The van der Waals surface area contributed by atoms with Crippen LogP contribution in [-0.4, -0.2) is 113 Å². The first-order valence-electron chi connectivity index (χ1n) is 21.1. The van der Waals surface area contributed by atoms with Crippen molar-refractivity contribution >= 4 is 46.4 Å². The average molecular weight is 818 g/mol. The van der Waals surface area contributed by atoms with Gasteiger partial charge in [-0.1, -0.05) is 6.92 Å². The number of guanidine groups is 1. The Kier molecular flexibility index (Phi) is 10.7. The van der Waals surface area contributed by atoms with Crippen molar-refractivity contribution < 1.29 is 23.5 Å². The molecule has 15 nitrogen and oxygen atoms in total. The number of carbonyl (C=O) groups is 3. The second kappa shape index (κ2) is 16.3. The Hall–Kier alpha value is -5.90. The van der Waals surface area contributed by atoms with Crippen LogP contribution in [0.2, 0.25) is 0 Å². The molecule has 3 amide bonds. The minimum atomic E-state index is -1.03. The summed E-state index contributed by atoms with van der Waals surface area (Å²) in [4.78, 5) is 60.9. The topological polar surface area (TPSA) is 153 Å². The molecule has 5 aliphatic heterocycles. The van der Waals surface area contributed by atoms with E-state index in [-0.39, 0.29) is 36.2 Å². The Morgan fingerprint density at radius 3 is 2.48 bits per heavy atom. The summed E-state index contributed by atoms with van der Waals surface area (Å²) >= 11 is 0. The summed E-state index contributed by atoms with van der Waals surface area (Å²) in [5.41, 5.74) is 7.73. The fraction of sp³-hybridized carbons (Fsp3) is 0.477. The third-order valence-corrected chi connectivity index (χ3v) is 12.6. The van der Waals surface area contributed by atoms with Crippen molar-refractivity contribution in [1.82, 2.24) is 30.0 Å². The van der Waals surface area contributed by atoms with Gasteiger partial charge in [0.15, 0.2) is 0 Å². The summed E-state index contributed by atoms with van der Waals surface area (Å²) in [6.45, 7) is 11.2. The number of nitrogens with zero attached hydrogens (tertiary/aromatic N) is 9. The molecule has 3 fully saturated rings. The van der Waals surface area contributed by atoms with Crippen molar-refractivity contribution in [1.29, 1.82) is 0 Å². The first-order valence-corrected chi connectivity index (χ1v) is 21.1. The minimum absolute atomic E-state index is 0.168. The van der Waals surface area contributed by atoms with Crippen LogP contribution in [0.25, 0.3) is 11.3 Å². The van der Waals surface area contributed by atoms with E-state index in [1.54, 1.807) is 23.0 Å². The lowest BCUT2D eigenvalue weighted by Gasteiger charge is -2.45. The molecule has 314 valence electrons. The summed E-state index contributed by atoms with van der Waals surface area (Å²) in [5.74, 6) is 0.0312. The molecule has 3 saturated heterocycles. The fourth-order valence-electron chi connectivity index (χ4n) is 9.40. The van der Waals surface area contributed by atoms with Crippen molar-refractivity contribution in [2.45, 2.75) is 71.0 Å². The van der Waals surface area contributed by atoms with Crippen LogP contribution in [0, 0.1) is 19.8 Å². The Morgan fingerprint density at radius 1 is 0.867 bits per heavy atom. The van der Waals surface area contributed by atoms with Crippen LogP contribution in [0.15, 0.2) is 53.7 Å². The van der Waals surface area contributed by atoms with E-state index in [0.29, 0.717) is 73.4 Å². The van der Waals surface area contributed by atoms with Gasteiger partial charge in [-0.2, -0.15) is 10.1 Å². The standard InChI is InChI=1S/C44H52FN11O4/c1-26-6-5-19-60-43-32(23-46-52(43)4)36-21-29(20-27(2)47-36)41(58)51-44-49-35-9-7-30(22-39(35)56(44)24-26)53-15-17-54(18-16-53)38-13-14-55(25-33(38)45)37-11-10-34(48-28(37)3)31-8-12-40(57)50-42(31)59/h7,9-11,20-23,26,31,33,38H,5-6,8,12-19,24-25H2,1-4H3,(H,49,51,58)(H,50,57,59)/t26-,31?,33+,38+/m1/s1. The third kappa shape index (κ3) is 7.80. The minimum Gasteiger partial charge on any atom is -0.477 e. The molecule has 2 N–H and O–H groups in total.